The molecular formula is C17H11N5O3S. The maximum absolute atomic E-state index is 12.3. The predicted octanol–water partition coefficient (Wildman–Crippen LogP) is 1.83. The lowest BCUT2D eigenvalue weighted by Crippen LogP contribution is -2.37. The van der Waals surface area contributed by atoms with Gasteiger partial charge in [-0.2, -0.15) is 0 Å². The highest BCUT2D eigenvalue weighted by Crippen LogP contribution is 2.26. The van der Waals surface area contributed by atoms with Gasteiger partial charge < -0.3 is 0 Å². The Morgan fingerprint density at radius 2 is 1.77 bits per heavy atom. The fraction of sp³-hybridized carbons (Fsp3) is 0.0588. The molecule has 4 rings (SSSR count). The van der Waals surface area contributed by atoms with Crippen LogP contribution in [0.25, 0.3) is 10.6 Å². The molecule has 0 saturated heterocycles. The van der Waals surface area contributed by atoms with Gasteiger partial charge in [-0.25, -0.2) is 0 Å². The van der Waals surface area contributed by atoms with Gasteiger partial charge in [-0.05, 0) is 24.3 Å². The van der Waals surface area contributed by atoms with E-state index in [2.05, 4.69) is 20.5 Å². The maximum Gasteiger partial charge on any atom is 0.262 e. The van der Waals surface area contributed by atoms with E-state index in [1.807, 2.05) is 6.07 Å². The van der Waals surface area contributed by atoms with Gasteiger partial charge in [-0.15, -0.1) is 10.2 Å². The minimum atomic E-state index is -0.520. The smallest absolute Gasteiger partial charge is 0.262 e. The summed E-state index contributed by atoms with van der Waals surface area (Å²) in [6, 6.07) is 10.1. The first-order valence-corrected chi connectivity index (χ1v) is 8.44. The highest BCUT2D eigenvalue weighted by molar-refractivity contribution is 7.18. The van der Waals surface area contributed by atoms with E-state index >= 15 is 0 Å². The number of hydrogen-bond acceptors (Lipinski definition) is 7. The lowest BCUT2D eigenvalue weighted by Gasteiger charge is -2.12. The van der Waals surface area contributed by atoms with Crippen LogP contribution in [0, 0.1) is 0 Å². The van der Waals surface area contributed by atoms with Gasteiger partial charge in [-0.1, -0.05) is 23.5 Å². The first kappa shape index (κ1) is 16.0. The molecule has 0 spiro atoms. The van der Waals surface area contributed by atoms with E-state index < -0.39 is 17.7 Å². The zero-order valence-electron chi connectivity index (χ0n) is 13.2. The number of imide groups is 1. The summed E-state index contributed by atoms with van der Waals surface area (Å²) in [5.74, 6) is -1.48. The second-order valence-electron chi connectivity index (χ2n) is 5.44. The van der Waals surface area contributed by atoms with Crippen LogP contribution in [-0.4, -0.2) is 44.3 Å². The zero-order valence-corrected chi connectivity index (χ0v) is 14.1. The van der Waals surface area contributed by atoms with Crippen molar-refractivity contribution in [1.82, 2.24) is 20.1 Å². The van der Waals surface area contributed by atoms with Crippen molar-refractivity contribution in [2.24, 2.45) is 0 Å². The monoisotopic (exact) mass is 365 g/mol. The summed E-state index contributed by atoms with van der Waals surface area (Å²) < 4.78 is 0. The average molecular weight is 365 g/mol. The molecule has 9 heteroatoms. The second-order valence-corrected chi connectivity index (χ2v) is 6.42. The van der Waals surface area contributed by atoms with Crippen LogP contribution >= 0.6 is 11.3 Å². The molecule has 0 atom stereocenters. The lowest BCUT2D eigenvalue weighted by molar-refractivity contribution is -0.116. The van der Waals surface area contributed by atoms with Crippen molar-refractivity contribution in [2.75, 3.05) is 11.9 Å². The van der Waals surface area contributed by atoms with E-state index in [-0.39, 0.29) is 11.7 Å². The van der Waals surface area contributed by atoms with Crippen LogP contribution in [0.3, 0.4) is 0 Å². The van der Waals surface area contributed by atoms with Crippen molar-refractivity contribution in [3.8, 4) is 10.6 Å². The Hall–Kier alpha value is -3.46. The molecule has 8 nitrogen and oxygen atoms in total. The molecule has 0 saturated carbocycles. The molecule has 3 heterocycles. The molecule has 0 unspecified atom stereocenters. The van der Waals surface area contributed by atoms with E-state index in [0.29, 0.717) is 16.1 Å². The van der Waals surface area contributed by atoms with Crippen LogP contribution in [0.15, 0.2) is 48.8 Å². The number of anilines is 1. The van der Waals surface area contributed by atoms with E-state index in [9.17, 15) is 14.4 Å². The highest BCUT2D eigenvalue weighted by Gasteiger charge is 2.36. The Morgan fingerprint density at radius 3 is 2.42 bits per heavy atom. The van der Waals surface area contributed by atoms with Crippen LogP contribution in [0.2, 0.25) is 0 Å². The minimum absolute atomic E-state index is 0.283. The molecular weight excluding hydrogens is 354 g/mol. The van der Waals surface area contributed by atoms with Gasteiger partial charge in [-0.3, -0.25) is 29.6 Å². The van der Waals surface area contributed by atoms with E-state index in [1.54, 1.807) is 42.7 Å². The molecule has 128 valence electrons. The Labute approximate surface area is 151 Å². The summed E-state index contributed by atoms with van der Waals surface area (Å²) >= 11 is 1.18. The van der Waals surface area contributed by atoms with Crippen molar-refractivity contribution in [1.29, 1.82) is 0 Å². The Balaban J connectivity index is 1.45. The summed E-state index contributed by atoms with van der Waals surface area (Å²) in [7, 11) is 0. The topological polar surface area (TPSA) is 105 Å². The molecule has 0 fully saturated rings. The summed E-state index contributed by atoms with van der Waals surface area (Å²) in [5.41, 5.74) is 1.39. The number of fused-ring (bicyclic) bond motifs is 1. The number of carbonyl (C=O) groups excluding carboxylic acids is 3. The lowest BCUT2D eigenvalue weighted by atomic mass is 10.1. The Morgan fingerprint density at radius 1 is 1.04 bits per heavy atom. The van der Waals surface area contributed by atoms with Gasteiger partial charge in [0.2, 0.25) is 11.0 Å². The molecule has 0 radical (unpaired) electrons. The van der Waals surface area contributed by atoms with Crippen LogP contribution in [0.4, 0.5) is 5.13 Å². The van der Waals surface area contributed by atoms with Gasteiger partial charge in [0, 0.05) is 18.0 Å². The Kier molecular flexibility index (Phi) is 3.98. The number of aromatic nitrogens is 3. The van der Waals surface area contributed by atoms with Gasteiger partial charge >= 0.3 is 0 Å². The third-order valence-electron chi connectivity index (χ3n) is 3.76. The summed E-state index contributed by atoms with van der Waals surface area (Å²) in [4.78, 5) is 41.7. The number of rotatable bonds is 4. The van der Waals surface area contributed by atoms with Crippen molar-refractivity contribution >= 4 is 34.2 Å². The number of nitrogens with zero attached hydrogens (tertiary/aromatic N) is 4. The van der Waals surface area contributed by atoms with Crippen molar-refractivity contribution < 1.29 is 14.4 Å². The molecule has 0 bridgehead atoms. The van der Waals surface area contributed by atoms with Crippen LogP contribution in [0.1, 0.15) is 20.7 Å². The Bertz CT molecular complexity index is 983. The first-order valence-electron chi connectivity index (χ1n) is 7.62. The largest absolute Gasteiger partial charge is 0.299 e. The van der Waals surface area contributed by atoms with Crippen molar-refractivity contribution in [3.63, 3.8) is 0 Å². The number of pyridine rings is 1. The third kappa shape index (κ3) is 2.84. The first-order chi connectivity index (χ1) is 12.6. The maximum atomic E-state index is 12.3. The van der Waals surface area contributed by atoms with Crippen molar-refractivity contribution in [3.05, 3.63) is 59.9 Å². The molecule has 0 aliphatic carbocycles. The predicted molar refractivity (Wildman–Crippen MR) is 93.6 cm³/mol. The number of amides is 3. The molecule has 1 aromatic carbocycles. The zero-order chi connectivity index (χ0) is 18.1. The van der Waals surface area contributed by atoms with E-state index in [0.717, 1.165) is 10.5 Å². The molecule has 3 aromatic rings. The van der Waals surface area contributed by atoms with E-state index in [1.165, 1.54) is 11.3 Å². The highest BCUT2D eigenvalue weighted by atomic mass is 32.1. The van der Waals surface area contributed by atoms with Gasteiger partial charge in [0.05, 0.1) is 11.1 Å². The van der Waals surface area contributed by atoms with Crippen LogP contribution in [-0.2, 0) is 4.79 Å². The number of nitrogens with one attached hydrogen (secondary N) is 1. The number of benzene rings is 1. The SMILES string of the molecule is O=C(CN1C(=O)c2ccccc2C1=O)Nc1nnc(-c2cccnc2)s1. The van der Waals surface area contributed by atoms with Gasteiger partial charge in [0.1, 0.15) is 6.54 Å². The van der Waals surface area contributed by atoms with Gasteiger partial charge in [0.25, 0.3) is 11.8 Å². The fourth-order valence-electron chi connectivity index (χ4n) is 2.56. The second kappa shape index (κ2) is 6.45. The van der Waals surface area contributed by atoms with E-state index in [4.69, 9.17) is 0 Å². The molecule has 1 N–H and O–H groups in total. The van der Waals surface area contributed by atoms with Crippen LogP contribution < -0.4 is 5.32 Å². The number of hydrogen-bond donors (Lipinski definition) is 1. The fourth-order valence-corrected chi connectivity index (χ4v) is 3.31. The number of carbonyl (C=O) groups is 3. The quantitative estimate of drug-likeness (QED) is 0.707. The summed E-state index contributed by atoms with van der Waals surface area (Å²) in [6.07, 6.45) is 3.29. The molecule has 2 aromatic heterocycles. The summed E-state index contributed by atoms with van der Waals surface area (Å²) in [5, 5.41) is 11.4. The molecule has 1 aliphatic rings. The third-order valence-corrected chi connectivity index (χ3v) is 4.65. The van der Waals surface area contributed by atoms with Crippen LogP contribution in [0.5, 0.6) is 0 Å². The molecule has 3 amide bonds. The van der Waals surface area contributed by atoms with Gasteiger partial charge in [0.15, 0.2) is 5.01 Å². The standard InChI is InChI=1S/C17H11N5O3S/c23-13(9-22-15(24)11-5-1-2-6-12(11)16(22)25)19-17-21-20-14(26-17)10-4-3-7-18-8-10/h1-8H,9H2,(H,19,21,23). The summed E-state index contributed by atoms with van der Waals surface area (Å²) in [6.45, 7) is -0.381. The van der Waals surface area contributed by atoms with Crippen molar-refractivity contribution in [2.45, 2.75) is 0 Å². The normalized spacial score (nSPS) is 13.0. The average Bonchev–Trinajstić information content (AvgIpc) is 3.22. The molecule has 1 aliphatic heterocycles. The minimum Gasteiger partial charge on any atom is -0.299 e. The molecule has 26 heavy (non-hydrogen) atoms.